The molecule has 2 aliphatic heterocycles. The van der Waals surface area contributed by atoms with E-state index in [0.717, 1.165) is 66.2 Å². The Morgan fingerprint density at radius 2 is 1.05 bits per heavy atom. The first-order valence-corrected chi connectivity index (χ1v) is 26.2. The van der Waals surface area contributed by atoms with Crippen LogP contribution in [0.2, 0.25) is 0 Å². The van der Waals surface area contributed by atoms with Gasteiger partial charge in [0.2, 0.25) is 0 Å². The van der Waals surface area contributed by atoms with E-state index >= 15 is 0 Å². The number of methoxy groups -OCH3 is 1. The third-order valence-electron chi connectivity index (χ3n) is 13.9. The smallest absolute Gasteiger partial charge is 0.417 e. The molecule has 3 aliphatic rings. The van der Waals surface area contributed by atoms with Gasteiger partial charge in [0, 0.05) is 44.7 Å². The van der Waals surface area contributed by atoms with Crippen molar-refractivity contribution < 1.29 is 78.8 Å². The molecule has 0 aromatic heterocycles. The number of anilines is 2. The minimum atomic E-state index is -4.87. The van der Waals surface area contributed by atoms with E-state index in [2.05, 4.69) is 15.4 Å². The van der Waals surface area contributed by atoms with Crippen molar-refractivity contribution in [3.05, 3.63) is 154 Å². The lowest BCUT2D eigenvalue weighted by Crippen LogP contribution is -2.54. The van der Waals surface area contributed by atoms with Crippen LogP contribution in [0.1, 0.15) is 115 Å². The third kappa shape index (κ3) is 14.6. The Morgan fingerprint density at radius 3 is 1.48 bits per heavy atom. The molecule has 0 unspecified atom stereocenters. The van der Waals surface area contributed by atoms with Crippen LogP contribution in [0.3, 0.4) is 0 Å². The summed E-state index contributed by atoms with van der Waals surface area (Å²) in [5.74, 6) is -3.47. The van der Waals surface area contributed by atoms with Crippen molar-refractivity contribution >= 4 is 47.3 Å². The SMILES string of the molecule is CCN(C(=O)c1cc2c(cc1C(F)(F)F)OC(C)(C)C(=O)N2CCNC(=O)OCc1ccccc1)[C@H]1CCCC[C@@H]1c1ccccc1.COC(=O)c1cc2c(cc1C(F)(F)F)OC(C)(C)C(=O)N2CCNC(=O)OCc1ccccc1. The first-order valence-electron chi connectivity index (χ1n) is 26.2. The Balaban J connectivity index is 0.000000246. The number of alkyl carbamates (subject to hydrolysis) is 2. The van der Waals surface area contributed by atoms with Crippen molar-refractivity contribution in [2.24, 2.45) is 0 Å². The number of carbonyl (C=O) groups is 6. The van der Waals surface area contributed by atoms with E-state index in [0.29, 0.717) is 12.5 Å². The maximum atomic E-state index is 14.6. The Morgan fingerprint density at radius 1 is 0.630 bits per heavy atom. The normalized spacial score (nSPS) is 17.1. The van der Waals surface area contributed by atoms with Gasteiger partial charge in [-0.3, -0.25) is 14.4 Å². The predicted molar refractivity (Wildman–Crippen MR) is 286 cm³/mol. The molecule has 0 bridgehead atoms. The standard InChI is InChI=1S/C36H40F3N3O5.C23H23F3N2O6/c1-4-41(29-18-12-11-17-26(29)25-15-9-6-10-16-25)32(43)27-21-30-31(22-28(27)36(37,38)39)47-35(2,3)33(44)42(30)20-19-40-34(45)46-23-24-13-7-5-8-14-24;1-22(2)20(30)28(10-9-27-21(31)33-13-14-7-5-4-6-8-14)17-11-15(19(29)32-3)16(23(24,25)26)12-18(17)34-22/h5-10,13-16,21-22,26,29H,4,11-12,17-20,23H2,1-3H3,(H,40,45);4-8,11-12H,9-10,13H2,1-3H3,(H,27,31)/t26-,29+;/m1./s1. The number of amides is 5. The fourth-order valence-corrected chi connectivity index (χ4v) is 9.94. The third-order valence-corrected chi connectivity index (χ3v) is 13.9. The second kappa shape index (κ2) is 25.4. The van der Waals surface area contributed by atoms with Crippen molar-refractivity contribution in [3.8, 4) is 11.5 Å². The number of hydrogen-bond acceptors (Lipinski definition) is 11. The molecule has 16 nitrogen and oxygen atoms in total. The highest BCUT2D eigenvalue weighted by Gasteiger charge is 2.47. The number of nitrogens with one attached hydrogen (secondary N) is 2. The van der Waals surface area contributed by atoms with Gasteiger partial charge in [-0.15, -0.1) is 0 Å². The molecular formula is C59H63F6N5O11. The number of likely N-dealkylation sites (N-methyl/N-ethyl adjacent to an activating group) is 1. The maximum absolute atomic E-state index is 14.6. The zero-order valence-electron chi connectivity index (χ0n) is 45.5. The van der Waals surface area contributed by atoms with Crippen LogP contribution < -0.4 is 29.9 Å². The summed E-state index contributed by atoms with van der Waals surface area (Å²) < 4.78 is 111. The van der Waals surface area contributed by atoms with E-state index in [1.165, 1.54) is 37.5 Å². The van der Waals surface area contributed by atoms with E-state index in [4.69, 9.17) is 18.9 Å². The van der Waals surface area contributed by atoms with Crippen molar-refractivity contribution in [3.63, 3.8) is 0 Å². The Labute approximate surface area is 464 Å². The summed E-state index contributed by atoms with van der Waals surface area (Å²) in [6, 6.07) is 31.1. The molecule has 1 aliphatic carbocycles. The Bertz CT molecular complexity index is 3070. The summed E-state index contributed by atoms with van der Waals surface area (Å²) in [7, 11) is 0.954. The molecule has 22 heteroatoms. The molecule has 81 heavy (non-hydrogen) atoms. The van der Waals surface area contributed by atoms with Crippen LogP contribution in [0.25, 0.3) is 0 Å². The lowest BCUT2D eigenvalue weighted by molar-refractivity contribution is -0.139. The molecule has 0 saturated heterocycles. The van der Waals surface area contributed by atoms with Gasteiger partial charge in [-0.2, -0.15) is 26.3 Å². The van der Waals surface area contributed by atoms with Crippen molar-refractivity contribution in [2.75, 3.05) is 49.6 Å². The van der Waals surface area contributed by atoms with Crippen molar-refractivity contribution in [1.29, 1.82) is 0 Å². The number of nitrogens with zero attached hydrogens (tertiary/aromatic N) is 3. The van der Waals surface area contributed by atoms with E-state index in [1.54, 1.807) is 31.2 Å². The Hall–Kier alpha value is -8.30. The largest absolute Gasteiger partial charge is 0.476 e. The highest BCUT2D eigenvalue weighted by molar-refractivity contribution is 6.06. The number of hydrogen-bond donors (Lipinski definition) is 2. The van der Waals surface area contributed by atoms with Gasteiger partial charge in [0.1, 0.15) is 24.7 Å². The molecule has 5 aromatic carbocycles. The maximum Gasteiger partial charge on any atom is 0.417 e. The second-order valence-electron chi connectivity index (χ2n) is 20.3. The molecule has 2 N–H and O–H groups in total. The van der Waals surface area contributed by atoms with Gasteiger partial charge in [-0.05, 0) is 88.4 Å². The molecule has 5 aromatic rings. The monoisotopic (exact) mass is 1130 g/mol. The summed E-state index contributed by atoms with van der Waals surface area (Å²) >= 11 is 0. The quantitative estimate of drug-likeness (QED) is 0.0578. The number of fused-ring (bicyclic) bond motifs is 2. The number of halogens is 6. The van der Waals surface area contributed by atoms with Gasteiger partial charge in [0.05, 0.1) is 40.7 Å². The number of esters is 1. The highest BCUT2D eigenvalue weighted by Crippen LogP contribution is 2.47. The number of carbonyl (C=O) groups excluding carboxylic acids is 6. The van der Waals surface area contributed by atoms with Crippen LogP contribution in [0.4, 0.5) is 47.3 Å². The molecule has 8 rings (SSSR count). The molecule has 0 spiro atoms. The lowest BCUT2D eigenvalue weighted by atomic mass is 9.79. The van der Waals surface area contributed by atoms with Gasteiger partial charge >= 0.3 is 30.5 Å². The number of benzene rings is 5. The first-order chi connectivity index (χ1) is 38.3. The van der Waals surface area contributed by atoms with Gasteiger partial charge in [-0.25, -0.2) is 14.4 Å². The van der Waals surface area contributed by atoms with E-state index in [9.17, 15) is 55.1 Å². The second-order valence-corrected chi connectivity index (χ2v) is 20.3. The minimum Gasteiger partial charge on any atom is -0.476 e. The minimum absolute atomic E-state index is 0.0178. The molecule has 432 valence electrons. The van der Waals surface area contributed by atoms with Gasteiger partial charge in [0.15, 0.2) is 11.2 Å². The summed E-state index contributed by atoms with van der Waals surface area (Å²) in [6.07, 6.45) is -7.85. The number of alkyl halides is 6. The van der Waals surface area contributed by atoms with Gasteiger partial charge < -0.3 is 49.0 Å². The van der Waals surface area contributed by atoms with E-state index < -0.39 is 81.7 Å². The van der Waals surface area contributed by atoms with Crippen LogP contribution in [0, 0.1) is 0 Å². The lowest BCUT2D eigenvalue weighted by Gasteiger charge is -2.41. The predicted octanol–water partition coefficient (Wildman–Crippen LogP) is 11.2. The molecule has 2 atom stereocenters. The summed E-state index contributed by atoms with van der Waals surface area (Å²) in [4.78, 5) is 81.1. The molecule has 1 fully saturated rings. The van der Waals surface area contributed by atoms with Crippen LogP contribution in [0.15, 0.2) is 115 Å². The molecule has 5 amide bonds. The fraction of sp³-hybridized carbons (Fsp3) is 0.390. The topological polar surface area (TPSA) is 182 Å². The molecule has 1 saturated carbocycles. The highest BCUT2D eigenvalue weighted by atomic mass is 19.4. The van der Waals surface area contributed by atoms with E-state index in [-0.39, 0.29) is 80.8 Å². The Kier molecular flexibility index (Phi) is 18.9. The molecular weight excluding hydrogens is 1070 g/mol. The van der Waals surface area contributed by atoms with Gasteiger partial charge in [0.25, 0.3) is 17.7 Å². The zero-order chi connectivity index (χ0) is 58.9. The first kappa shape index (κ1) is 60.3. The average molecular weight is 1130 g/mol. The number of rotatable bonds is 15. The molecule has 2 heterocycles. The van der Waals surface area contributed by atoms with Crippen molar-refractivity contribution in [1.82, 2.24) is 15.5 Å². The fourth-order valence-electron chi connectivity index (χ4n) is 9.94. The number of ether oxygens (including phenoxy) is 5. The van der Waals surface area contributed by atoms with Crippen LogP contribution in [0.5, 0.6) is 11.5 Å². The van der Waals surface area contributed by atoms with E-state index in [1.807, 2.05) is 66.7 Å². The average Bonchev–Trinajstić information content (AvgIpc) is 3.64. The van der Waals surface area contributed by atoms with Crippen LogP contribution in [-0.4, -0.2) is 97.9 Å². The van der Waals surface area contributed by atoms with Crippen molar-refractivity contribution in [2.45, 2.75) is 109 Å². The molecule has 0 radical (unpaired) electrons. The van der Waals surface area contributed by atoms with Gasteiger partial charge in [-0.1, -0.05) is 104 Å². The summed E-state index contributed by atoms with van der Waals surface area (Å²) in [5, 5.41) is 5.09. The summed E-state index contributed by atoms with van der Waals surface area (Å²) in [6.45, 7) is 7.50. The van der Waals surface area contributed by atoms with Crippen LogP contribution in [-0.2, 0) is 49.4 Å². The zero-order valence-corrected chi connectivity index (χ0v) is 45.5. The summed E-state index contributed by atoms with van der Waals surface area (Å²) in [5.41, 5.74) is -4.03. The van der Waals surface area contributed by atoms with Crippen LogP contribution >= 0.6 is 0 Å².